The Hall–Kier alpha value is -0.830. The fourth-order valence-corrected chi connectivity index (χ4v) is 3.49. The largest absolute Gasteiger partial charge is 0.474 e. The van der Waals surface area contributed by atoms with E-state index in [1.807, 2.05) is 6.92 Å². The molecule has 1 heterocycles. The summed E-state index contributed by atoms with van der Waals surface area (Å²) >= 11 is 0. The summed E-state index contributed by atoms with van der Waals surface area (Å²) in [5.41, 5.74) is 3.66. The molecule has 1 fully saturated rings. The second-order valence-electron chi connectivity index (χ2n) is 7.54. The molecule has 168 valence electrons. The standard InChI is InChI=1S/C20H35O8P/c1-14(2)7-5-8-15(3)9-6-10-16(4)11-12-26-29(24,25)28-20-19(23)18(22)17(13-21)27-20/h7,9,11,17-23H,5-6,8,10,12-13H2,1-4H3,(H,24,25)/b15-9-,16-11-/t17-,18-,19+,20+/m1/s1. The lowest BCUT2D eigenvalue weighted by molar-refractivity contribution is -0.127. The summed E-state index contributed by atoms with van der Waals surface area (Å²) in [6, 6.07) is 0. The minimum atomic E-state index is -4.50. The van der Waals surface area contributed by atoms with Gasteiger partial charge in [0.25, 0.3) is 0 Å². The average Bonchev–Trinajstić information content (AvgIpc) is 2.88. The third kappa shape index (κ3) is 10.2. The minimum Gasteiger partial charge on any atom is -0.394 e. The van der Waals surface area contributed by atoms with Gasteiger partial charge in [-0.2, -0.15) is 0 Å². The molecule has 0 amide bonds. The first-order valence-electron chi connectivity index (χ1n) is 9.78. The van der Waals surface area contributed by atoms with Crippen LogP contribution in [0.1, 0.15) is 53.4 Å². The van der Waals surface area contributed by atoms with E-state index in [2.05, 4.69) is 32.9 Å². The summed E-state index contributed by atoms with van der Waals surface area (Å²) in [5.74, 6) is 0. The topological polar surface area (TPSA) is 126 Å². The Morgan fingerprint density at radius 2 is 1.59 bits per heavy atom. The number of rotatable bonds is 12. The molecule has 8 nitrogen and oxygen atoms in total. The van der Waals surface area contributed by atoms with E-state index in [-0.39, 0.29) is 6.61 Å². The lowest BCUT2D eigenvalue weighted by Crippen LogP contribution is -2.34. The van der Waals surface area contributed by atoms with Gasteiger partial charge in [-0.1, -0.05) is 34.9 Å². The molecule has 1 unspecified atom stereocenters. The zero-order chi connectivity index (χ0) is 22.0. The first-order chi connectivity index (χ1) is 13.6. The third-order valence-electron chi connectivity index (χ3n) is 4.53. The van der Waals surface area contributed by atoms with Gasteiger partial charge < -0.3 is 24.9 Å². The summed E-state index contributed by atoms with van der Waals surface area (Å²) in [7, 11) is -4.50. The molecule has 0 spiro atoms. The van der Waals surface area contributed by atoms with Crippen molar-refractivity contribution in [2.24, 2.45) is 0 Å². The van der Waals surface area contributed by atoms with Crippen molar-refractivity contribution in [2.75, 3.05) is 13.2 Å². The van der Waals surface area contributed by atoms with Crippen molar-refractivity contribution >= 4 is 7.82 Å². The molecule has 0 radical (unpaired) electrons. The SMILES string of the molecule is CC(C)=CCC/C(C)=C\CC/C(C)=C\COP(=O)(O)O[C@@H]1O[C@H](CO)[C@@H](O)[C@@H]1O. The van der Waals surface area contributed by atoms with E-state index in [0.717, 1.165) is 31.3 Å². The summed E-state index contributed by atoms with van der Waals surface area (Å²) in [6.07, 6.45) is 4.24. The number of allylic oxidation sites excluding steroid dienone is 5. The van der Waals surface area contributed by atoms with Crippen LogP contribution in [0.15, 0.2) is 34.9 Å². The highest BCUT2D eigenvalue weighted by molar-refractivity contribution is 7.47. The van der Waals surface area contributed by atoms with Crippen molar-refractivity contribution in [2.45, 2.75) is 78.0 Å². The van der Waals surface area contributed by atoms with Gasteiger partial charge in [0.2, 0.25) is 0 Å². The summed E-state index contributed by atoms with van der Waals surface area (Å²) in [5, 5.41) is 28.4. The van der Waals surface area contributed by atoms with E-state index >= 15 is 0 Å². The zero-order valence-corrected chi connectivity index (χ0v) is 18.5. The van der Waals surface area contributed by atoms with Crippen LogP contribution in [0.25, 0.3) is 0 Å². The molecule has 0 saturated carbocycles. The van der Waals surface area contributed by atoms with Crippen LogP contribution in [0.5, 0.6) is 0 Å². The first-order valence-corrected chi connectivity index (χ1v) is 11.3. The molecule has 0 aromatic carbocycles. The highest BCUT2D eigenvalue weighted by atomic mass is 31.2. The maximum absolute atomic E-state index is 12.0. The zero-order valence-electron chi connectivity index (χ0n) is 17.7. The van der Waals surface area contributed by atoms with Gasteiger partial charge in [-0.15, -0.1) is 0 Å². The van der Waals surface area contributed by atoms with Crippen molar-refractivity contribution in [3.63, 3.8) is 0 Å². The van der Waals surface area contributed by atoms with Gasteiger partial charge in [-0.25, -0.2) is 4.57 Å². The Labute approximate surface area is 173 Å². The molecule has 4 N–H and O–H groups in total. The molecule has 1 rings (SSSR count). The lowest BCUT2D eigenvalue weighted by atomic mass is 10.1. The molecule has 0 aliphatic carbocycles. The normalized spacial score (nSPS) is 27.7. The molecule has 1 saturated heterocycles. The van der Waals surface area contributed by atoms with E-state index < -0.39 is 39.0 Å². The Balaban J connectivity index is 2.37. The Morgan fingerprint density at radius 1 is 1.00 bits per heavy atom. The Kier molecular flexibility index (Phi) is 11.5. The third-order valence-corrected chi connectivity index (χ3v) is 5.48. The molecule has 1 aliphatic heterocycles. The minimum absolute atomic E-state index is 0.141. The van der Waals surface area contributed by atoms with Crippen LogP contribution >= 0.6 is 7.82 Å². The van der Waals surface area contributed by atoms with Crippen molar-refractivity contribution in [1.82, 2.24) is 0 Å². The number of hydrogen-bond acceptors (Lipinski definition) is 7. The van der Waals surface area contributed by atoms with Gasteiger partial charge in [0, 0.05) is 0 Å². The number of hydrogen-bond donors (Lipinski definition) is 4. The molecule has 0 aromatic rings. The van der Waals surface area contributed by atoms with Crippen LogP contribution in [0.4, 0.5) is 0 Å². The maximum Gasteiger partial charge on any atom is 0.474 e. The summed E-state index contributed by atoms with van der Waals surface area (Å²) in [6.45, 7) is 7.49. The van der Waals surface area contributed by atoms with Crippen molar-refractivity contribution in [3.8, 4) is 0 Å². The van der Waals surface area contributed by atoms with Gasteiger partial charge >= 0.3 is 7.82 Å². The average molecular weight is 434 g/mol. The fourth-order valence-electron chi connectivity index (χ4n) is 2.73. The number of phosphoric acid groups is 1. The van der Waals surface area contributed by atoms with Crippen molar-refractivity contribution in [1.29, 1.82) is 0 Å². The second kappa shape index (κ2) is 12.8. The van der Waals surface area contributed by atoms with Crippen LogP contribution in [-0.4, -0.2) is 58.0 Å². The molecule has 9 heteroatoms. The van der Waals surface area contributed by atoms with Crippen LogP contribution in [-0.2, 0) is 18.3 Å². The quantitative estimate of drug-likeness (QED) is 0.273. The monoisotopic (exact) mass is 434 g/mol. The van der Waals surface area contributed by atoms with Gasteiger partial charge in [0.15, 0.2) is 6.29 Å². The van der Waals surface area contributed by atoms with E-state index in [1.165, 1.54) is 11.1 Å². The van der Waals surface area contributed by atoms with Gasteiger partial charge in [0.1, 0.15) is 18.3 Å². The van der Waals surface area contributed by atoms with Crippen LogP contribution in [0.2, 0.25) is 0 Å². The van der Waals surface area contributed by atoms with Gasteiger partial charge in [0.05, 0.1) is 13.2 Å². The fraction of sp³-hybridized carbons (Fsp3) is 0.700. The van der Waals surface area contributed by atoms with E-state index in [4.69, 9.17) is 18.9 Å². The molecule has 1 aliphatic rings. The lowest BCUT2D eigenvalue weighted by Gasteiger charge is -2.18. The summed E-state index contributed by atoms with van der Waals surface area (Å²) in [4.78, 5) is 9.75. The summed E-state index contributed by atoms with van der Waals surface area (Å²) < 4.78 is 26.6. The maximum atomic E-state index is 12.0. The molecular weight excluding hydrogens is 399 g/mol. The Morgan fingerprint density at radius 3 is 2.14 bits per heavy atom. The van der Waals surface area contributed by atoms with Gasteiger partial charge in [-0.05, 0) is 53.4 Å². The number of ether oxygens (including phenoxy) is 1. The number of phosphoric ester groups is 1. The van der Waals surface area contributed by atoms with Crippen molar-refractivity contribution < 1.29 is 38.6 Å². The molecular formula is C20H35O8P. The number of aliphatic hydroxyl groups excluding tert-OH is 3. The first kappa shape index (κ1) is 26.2. The van der Waals surface area contributed by atoms with E-state index in [1.54, 1.807) is 6.08 Å². The highest BCUT2D eigenvalue weighted by Crippen LogP contribution is 2.46. The van der Waals surface area contributed by atoms with Crippen molar-refractivity contribution in [3.05, 3.63) is 34.9 Å². The van der Waals surface area contributed by atoms with Gasteiger partial charge in [-0.3, -0.25) is 9.05 Å². The van der Waals surface area contributed by atoms with Crippen LogP contribution < -0.4 is 0 Å². The number of aliphatic hydroxyl groups is 3. The molecule has 0 bridgehead atoms. The van der Waals surface area contributed by atoms with E-state index in [9.17, 15) is 19.7 Å². The van der Waals surface area contributed by atoms with Crippen LogP contribution in [0, 0.1) is 0 Å². The second-order valence-corrected chi connectivity index (χ2v) is 8.94. The highest BCUT2D eigenvalue weighted by Gasteiger charge is 2.46. The van der Waals surface area contributed by atoms with Crippen LogP contribution in [0.3, 0.4) is 0 Å². The Bertz CT molecular complexity index is 638. The molecule has 29 heavy (non-hydrogen) atoms. The molecule has 5 atom stereocenters. The smallest absolute Gasteiger partial charge is 0.394 e. The van der Waals surface area contributed by atoms with E-state index in [0.29, 0.717) is 0 Å². The molecule has 0 aromatic heterocycles. The predicted molar refractivity (Wildman–Crippen MR) is 110 cm³/mol. The predicted octanol–water partition coefficient (Wildman–Crippen LogP) is 2.98.